The molecule has 0 unspecified atom stereocenters. The zero-order valence-corrected chi connectivity index (χ0v) is 18.4. The molecule has 1 aromatic carbocycles. The van der Waals surface area contributed by atoms with Crippen molar-refractivity contribution in [1.29, 1.82) is 0 Å². The van der Waals surface area contributed by atoms with Gasteiger partial charge in [0.25, 0.3) is 11.5 Å². The van der Waals surface area contributed by atoms with Crippen LogP contribution in [0.1, 0.15) is 28.1 Å². The number of rotatable bonds is 5. The molecule has 1 aliphatic rings. The number of benzene rings is 1. The van der Waals surface area contributed by atoms with Crippen LogP contribution in [0.5, 0.6) is 0 Å². The molecule has 0 atom stereocenters. The van der Waals surface area contributed by atoms with E-state index < -0.39 is 5.69 Å². The van der Waals surface area contributed by atoms with Crippen LogP contribution < -0.4 is 16.6 Å². The summed E-state index contributed by atoms with van der Waals surface area (Å²) in [5.41, 5.74) is 0.305. The first-order chi connectivity index (χ1) is 14.8. The molecule has 3 heterocycles. The summed E-state index contributed by atoms with van der Waals surface area (Å²) >= 11 is 1.16. The summed E-state index contributed by atoms with van der Waals surface area (Å²) in [5, 5.41) is 3.37. The van der Waals surface area contributed by atoms with Gasteiger partial charge in [-0.3, -0.25) is 23.6 Å². The smallest absolute Gasteiger partial charge is 0.331 e. The predicted octanol–water partition coefficient (Wildman–Crippen LogP) is 2.08. The normalized spacial score (nSPS) is 15.5. The van der Waals surface area contributed by atoms with Gasteiger partial charge in [0.2, 0.25) is 0 Å². The van der Waals surface area contributed by atoms with Gasteiger partial charge in [-0.05, 0) is 55.6 Å². The van der Waals surface area contributed by atoms with Gasteiger partial charge >= 0.3 is 5.69 Å². The molecule has 1 saturated heterocycles. The van der Waals surface area contributed by atoms with Crippen molar-refractivity contribution >= 4 is 27.5 Å². The number of thiophene rings is 1. The van der Waals surface area contributed by atoms with E-state index in [9.17, 15) is 18.8 Å². The second-order valence-corrected chi connectivity index (χ2v) is 9.12. The average molecular weight is 445 g/mol. The molecule has 0 spiro atoms. The van der Waals surface area contributed by atoms with Crippen LogP contribution in [0.3, 0.4) is 0 Å². The summed E-state index contributed by atoms with van der Waals surface area (Å²) in [4.78, 5) is 40.3. The van der Waals surface area contributed by atoms with Crippen LogP contribution in [0, 0.1) is 11.7 Å². The third kappa shape index (κ3) is 4.47. The maximum Gasteiger partial charge on any atom is 0.331 e. The molecule has 1 fully saturated rings. The molecule has 164 valence electrons. The van der Waals surface area contributed by atoms with Crippen LogP contribution in [0.2, 0.25) is 0 Å². The number of hydrogen-bond acceptors (Lipinski definition) is 5. The Kier molecular flexibility index (Phi) is 6.06. The number of nitrogens with zero attached hydrogens (tertiary/aromatic N) is 3. The van der Waals surface area contributed by atoms with Crippen molar-refractivity contribution in [3.63, 3.8) is 0 Å². The molecule has 7 nitrogen and oxygen atoms in total. The van der Waals surface area contributed by atoms with E-state index in [-0.39, 0.29) is 17.3 Å². The van der Waals surface area contributed by atoms with Crippen molar-refractivity contribution in [3.8, 4) is 0 Å². The number of carbonyl (C=O) groups is 1. The van der Waals surface area contributed by atoms with Gasteiger partial charge < -0.3 is 5.32 Å². The quantitative estimate of drug-likeness (QED) is 0.654. The van der Waals surface area contributed by atoms with E-state index >= 15 is 0 Å². The molecule has 0 aliphatic carbocycles. The first kappa shape index (κ1) is 21.5. The standard InChI is InChI=1S/C22H25FN4O3S/c1-25-20(29)17-11-18(31-21(17)26(2)22(25)30)19(28)24-12-14-7-9-27(10-8-14)13-15-3-5-16(23)6-4-15/h3-6,11,14H,7-10,12-13H2,1-2H3,(H,24,28). The minimum atomic E-state index is -0.404. The highest BCUT2D eigenvalue weighted by atomic mass is 32.1. The zero-order chi connectivity index (χ0) is 22.1. The summed E-state index contributed by atoms with van der Waals surface area (Å²) in [6.07, 6.45) is 1.95. The summed E-state index contributed by atoms with van der Waals surface area (Å²) in [6.45, 7) is 3.24. The minimum Gasteiger partial charge on any atom is -0.351 e. The number of piperidine rings is 1. The second kappa shape index (κ2) is 8.76. The van der Waals surface area contributed by atoms with Crippen molar-refractivity contribution in [3.05, 3.63) is 67.4 Å². The van der Waals surface area contributed by atoms with Crippen LogP contribution in [-0.4, -0.2) is 39.6 Å². The molecule has 2 aromatic heterocycles. The van der Waals surface area contributed by atoms with Crippen molar-refractivity contribution < 1.29 is 9.18 Å². The Morgan fingerprint density at radius 2 is 1.81 bits per heavy atom. The van der Waals surface area contributed by atoms with Gasteiger partial charge in [0, 0.05) is 27.2 Å². The average Bonchev–Trinajstić information content (AvgIpc) is 3.23. The molecule has 1 N–H and O–H groups in total. The van der Waals surface area contributed by atoms with Crippen LogP contribution >= 0.6 is 11.3 Å². The van der Waals surface area contributed by atoms with E-state index in [0.29, 0.717) is 27.6 Å². The number of fused-ring (bicyclic) bond motifs is 1. The number of halogens is 1. The van der Waals surface area contributed by atoms with Crippen LogP contribution in [0.25, 0.3) is 10.2 Å². The Morgan fingerprint density at radius 3 is 2.48 bits per heavy atom. The first-order valence-corrected chi connectivity index (χ1v) is 11.1. The van der Waals surface area contributed by atoms with Gasteiger partial charge in [-0.15, -0.1) is 11.3 Å². The lowest BCUT2D eigenvalue weighted by Crippen LogP contribution is -2.38. The Balaban J connectivity index is 1.33. The van der Waals surface area contributed by atoms with Crippen LogP contribution in [0.4, 0.5) is 4.39 Å². The van der Waals surface area contributed by atoms with Gasteiger partial charge in [-0.1, -0.05) is 12.1 Å². The zero-order valence-electron chi connectivity index (χ0n) is 17.6. The molecule has 1 aliphatic heterocycles. The highest BCUT2D eigenvalue weighted by molar-refractivity contribution is 7.20. The summed E-state index contributed by atoms with van der Waals surface area (Å²) < 4.78 is 15.5. The van der Waals surface area contributed by atoms with E-state index in [0.717, 1.165) is 53.9 Å². The number of hydrogen-bond donors (Lipinski definition) is 1. The summed E-state index contributed by atoms with van der Waals surface area (Å²) in [5.74, 6) is -0.0520. The Hall–Kier alpha value is -2.78. The topological polar surface area (TPSA) is 76.3 Å². The number of aryl methyl sites for hydroxylation is 1. The molecule has 0 bridgehead atoms. The Bertz CT molecular complexity index is 1220. The Morgan fingerprint density at radius 1 is 1.13 bits per heavy atom. The van der Waals surface area contributed by atoms with E-state index in [4.69, 9.17) is 0 Å². The fraction of sp³-hybridized carbons (Fsp3) is 0.409. The fourth-order valence-electron chi connectivity index (χ4n) is 4.00. The monoisotopic (exact) mass is 444 g/mol. The third-order valence-corrected chi connectivity index (χ3v) is 7.14. The lowest BCUT2D eigenvalue weighted by Gasteiger charge is -2.32. The Labute approximate surface area is 182 Å². The number of amides is 1. The predicted molar refractivity (Wildman–Crippen MR) is 119 cm³/mol. The van der Waals surface area contributed by atoms with Crippen LogP contribution in [0.15, 0.2) is 39.9 Å². The third-order valence-electron chi connectivity index (χ3n) is 5.93. The highest BCUT2D eigenvalue weighted by Gasteiger charge is 2.21. The number of carbonyl (C=O) groups excluding carboxylic acids is 1. The molecule has 1 amide bonds. The molecule has 0 radical (unpaired) electrons. The molecular formula is C22H25FN4O3S. The van der Waals surface area contributed by atoms with Crippen molar-refractivity contribution in [1.82, 2.24) is 19.4 Å². The van der Waals surface area contributed by atoms with Gasteiger partial charge in [0.1, 0.15) is 10.6 Å². The second-order valence-electron chi connectivity index (χ2n) is 8.09. The van der Waals surface area contributed by atoms with Gasteiger partial charge in [-0.25, -0.2) is 9.18 Å². The van der Waals surface area contributed by atoms with Gasteiger partial charge in [0.15, 0.2) is 0 Å². The maximum absolute atomic E-state index is 13.0. The lowest BCUT2D eigenvalue weighted by molar-refractivity contribution is 0.0939. The van der Waals surface area contributed by atoms with E-state index in [2.05, 4.69) is 10.2 Å². The molecular weight excluding hydrogens is 419 g/mol. The van der Waals surface area contributed by atoms with E-state index in [1.54, 1.807) is 13.1 Å². The molecule has 31 heavy (non-hydrogen) atoms. The lowest BCUT2D eigenvalue weighted by atomic mass is 9.96. The minimum absolute atomic E-state index is 0.218. The summed E-state index contributed by atoms with van der Waals surface area (Å²) in [6, 6.07) is 8.17. The fourth-order valence-corrected chi connectivity index (χ4v) is 5.02. The maximum atomic E-state index is 13.0. The highest BCUT2D eigenvalue weighted by Crippen LogP contribution is 2.22. The van der Waals surface area contributed by atoms with Crippen molar-refractivity contribution in [2.75, 3.05) is 19.6 Å². The van der Waals surface area contributed by atoms with E-state index in [1.165, 1.54) is 23.7 Å². The number of aromatic nitrogens is 2. The molecule has 4 rings (SSSR count). The summed E-state index contributed by atoms with van der Waals surface area (Å²) in [7, 11) is 3.03. The van der Waals surface area contributed by atoms with Crippen molar-refractivity contribution in [2.45, 2.75) is 19.4 Å². The molecule has 3 aromatic rings. The molecule has 9 heteroatoms. The van der Waals surface area contributed by atoms with Crippen molar-refractivity contribution in [2.24, 2.45) is 20.0 Å². The number of nitrogens with one attached hydrogen (secondary N) is 1. The SMILES string of the molecule is Cn1c(=O)c2cc(C(=O)NCC3CCN(Cc4ccc(F)cc4)CC3)sc2n(C)c1=O. The first-order valence-electron chi connectivity index (χ1n) is 10.3. The van der Waals surface area contributed by atoms with Gasteiger partial charge in [-0.2, -0.15) is 0 Å². The largest absolute Gasteiger partial charge is 0.351 e. The van der Waals surface area contributed by atoms with E-state index in [1.807, 2.05) is 12.1 Å². The van der Waals surface area contributed by atoms with Gasteiger partial charge in [0.05, 0.1) is 10.3 Å². The number of likely N-dealkylation sites (tertiary alicyclic amines) is 1. The molecule has 0 saturated carbocycles. The van der Waals surface area contributed by atoms with Crippen LogP contribution in [-0.2, 0) is 20.6 Å².